The second-order valence-corrected chi connectivity index (χ2v) is 7.92. The molecule has 0 radical (unpaired) electrons. The fourth-order valence-electron chi connectivity index (χ4n) is 2.91. The van der Waals surface area contributed by atoms with E-state index in [4.69, 9.17) is 14.2 Å². The van der Waals surface area contributed by atoms with Crippen LogP contribution in [-0.4, -0.2) is 50.0 Å². The number of ether oxygens (including phenoxy) is 3. The molecular weight excluding hydrogens is 468 g/mol. The first-order chi connectivity index (χ1) is 16.2. The molecule has 0 fully saturated rings. The molecule has 7 nitrogen and oxygen atoms in total. The highest BCUT2D eigenvalue weighted by Gasteiger charge is 2.26. The predicted octanol–water partition coefficient (Wildman–Crippen LogP) is 2.88. The van der Waals surface area contributed by atoms with Crippen LogP contribution in [0.3, 0.4) is 0 Å². The van der Waals surface area contributed by atoms with E-state index in [0.717, 1.165) is 17.0 Å². The summed E-state index contributed by atoms with van der Waals surface area (Å²) in [5.41, 5.74) is 4.21. The molecule has 0 unspecified atom stereocenters. The number of benzene rings is 2. The van der Waals surface area contributed by atoms with Gasteiger partial charge in [0.15, 0.2) is 18.2 Å². The molecule has 2 rings (SSSR count). The van der Waals surface area contributed by atoms with E-state index in [1.165, 1.54) is 24.8 Å². The summed E-state index contributed by atoms with van der Waals surface area (Å²) < 4.78 is 43.0. The maximum atomic E-state index is 14.1. The van der Waals surface area contributed by atoms with Gasteiger partial charge in [-0.2, -0.15) is 0 Å². The van der Waals surface area contributed by atoms with Gasteiger partial charge in [-0.25, -0.2) is 18.4 Å². The van der Waals surface area contributed by atoms with Crippen molar-refractivity contribution in [3.8, 4) is 0 Å². The normalized spacial score (nSPS) is 12.4. The number of carbonyl (C=O) groups excluding carboxylic acids is 3. The fourth-order valence-corrected chi connectivity index (χ4v) is 3.32. The summed E-state index contributed by atoms with van der Waals surface area (Å²) >= 11 is 1.51. The monoisotopic (exact) mass is 494 g/mol. The van der Waals surface area contributed by atoms with Crippen molar-refractivity contribution < 1.29 is 43.1 Å². The van der Waals surface area contributed by atoms with Gasteiger partial charge in [-0.3, -0.25) is 4.79 Å². The van der Waals surface area contributed by atoms with Crippen LogP contribution in [0.25, 0.3) is 11.1 Å². The molecule has 0 saturated heterocycles. The Bertz CT molecular complexity index is 1070. The molecule has 0 aliphatic heterocycles. The van der Waals surface area contributed by atoms with Gasteiger partial charge in [0.25, 0.3) is 0 Å². The van der Waals surface area contributed by atoms with Crippen molar-refractivity contribution >= 4 is 40.8 Å². The lowest BCUT2D eigenvalue weighted by molar-refractivity contribution is -0.413. The average molecular weight is 495 g/mol. The highest BCUT2D eigenvalue weighted by molar-refractivity contribution is 7.98. The molecule has 0 heterocycles. The summed E-state index contributed by atoms with van der Waals surface area (Å²) in [5, 5.41) is 0. The molecule has 0 spiro atoms. The van der Waals surface area contributed by atoms with Gasteiger partial charge in [0, 0.05) is 17.4 Å². The quantitative estimate of drug-likeness (QED) is 0.178. The highest BCUT2D eigenvalue weighted by Crippen LogP contribution is 2.30. The highest BCUT2D eigenvalue weighted by atomic mass is 32.2. The minimum absolute atomic E-state index is 0.0109. The fraction of sp³-hybridized carbons (Fsp3) is 0.292. The Morgan fingerprint density at radius 1 is 0.971 bits per heavy atom. The third-order valence-electron chi connectivity index (χ3n) is 4.61. The van der Waals surface area contributed by atoms with Gasteiger partial charge < -0.3 is 19.9 Å². The number of rotatable bonds is 10. The summed E-state index contributed by atoms with van der Waals surface area (Å²) in [6.07, 6.45) is 1.90. The molecule has 3 N–H and O–H groups in total. The van der Waals surface area contributed by atoms with E-state index in [1.54, 1.807) is 31.2 Å². The van der Waals surface area contributed by atoms with E-state index in [9.17, 15) is 23.2 Å². The number of esters is 3. The molecule has 2 aromatic carbocycles. The van der Waals surface area contributed by atoms with Crippen molar-refractivity contribution in [1.82, 2.24) is 0 Å². The van der Waals surface area contributed by atoms with E-state index < -0.39 is 42.2 Å². The third kappa shape index (κ3) is 7.39. The smallest absolute Gasteiger partial charge is 0.368 e. The van der Waals surface area contributed by atoms with Crippen LogP contribution in [0.4, 0.5) is 8.78 Å². The molecule has 10 heteroatoms. The molecule has 0 aliphatic carbocycles. The largest absolute Gasteiger partial charge is 0.461 e. The Labute approximate surface area is 200 Å². The van der Waals surface area contributed by atoms with Gasteiger partial charge in [0.1, 0.15) is 6.61 Å². The van der Waals surface area contributed by atoms with E-state index in [2.05, 4.69) is 5.73 Å². The predicted molar refractivity (Wildman–Crippen MR) is 122 cm³/mol. The van der Waals surface area contributed by atoms with Gasteiger partial charge in [0.2, 0.25) is 6.04 Å². The summed E-state index contributed by atoms with van der Waals surface area (Å²) in [5.74, 6) is -4.45. The molecule has 34 heavy (non-hydrogen) atoms. The maximum Gasteiger partial charge on any atom is 0.368 e. The summed E-state index contributed by atoms with van der Waals surface area (Å²) in [6, 6.07) is 8.97. The van der Waals surface area contributed by atoms with Gasteiger partial charge in [-0.05, 0) is 48.6 Å². The minimum atomic E-state index is -1.17. The molecular formula is C24H26F2NO6S+. The lowest BCUT2D eigenvalue weighted by Gasteiger charge is -2.17. The Hall–Kier alpha value is -3.24. The molecule has 1 atom stereocenters. The first-order valence-corrected chi connectivity index (χ1v) is 11.5. The summed E-state index contributed by atoms with van der Waals surface area (Å²) in [4.78, 5) is 37.5. The SMILES string of the molecule is CCOC(=O)[C@@H]([NH3+])COC(=O)/C(=C(\COC(C)=O)c1ccc(SC)cc1)c1ccc(F)c(F)c1. The standard InChI is InChI=1S/C24H25F2NO6S/c1-4-31-23(29)21(27)13-33-24(30)22(16-7-10-19(25)20(26)11-16)18(12-32-14(2)28)15-5-8-17(34-3)9-6-15/h5-11,21H,4,12-13,27H2,1-3H3/p+1/b22-18+/t21-/m0/s1. The topological polar surface area (TPSA) is 107 Å². The molecule has 2 aromatic rings. The van der Waals surface area contributed by atoms with Crippen LogP contribution < -0.4 is 5.73 Å². The zero-order valence-corrected chi connectivity index (χ0v) is 19.9. The van der Waals surface area contributed by atoms with E-state index in [1.807, 2.05) is 6.26 Å². The summed E-state index contributed by atoms with van der Waals surface area (Å²) in [6.45, 7) is 2.23. The number of carbonyl (C=O) groups is 3. The summed E-state index contributed by atoms with van der Waals surface area (Å²) in [7, 11) is 0. The number of quaternary nitrogens is 1. The van der Waals surface area contributed by atoms with Crippen molar-refractivity contribution in [3.63, 3.8) is 0 Å². The molecule has 0 amide bonds. The lowest BCUT2D eigenvalue weighted by atomic mass is 9.94. The minimum Gasteiger partial charge on any atom is -0.461 e. The van der Waals surface area contributed by atoms with Gasteiger partial charge in [0.05, 0.1) is 12.2 Å². The molecule has 0 aromatic heterocycles. The van der Waals surface area contributed by atoms with Crippen molar-refractivity contribution in [1.29, 1.82) is 0 Å². The van der Waals surface area contributed by atoms with Crippen LogP contribution in [0.5, 0.6) is 0 Å². The van der Waals surface area contributed by atoms with E-state index in [-0.39, 0.29) is 29.9 Å². The van der Waals surface area contributed by atoms with Crippen LogP contribution in [-0.2, 0) is 28.6 Å². The number of hydrogen-bond donors (Lipinski definition) is 1. The number of hydrogen-bond acceptors (Lipinski definition) is 7. The van der Waals surface area contributed by atoms with E-state index in [0.29, 0.717) is 5.56 Å². The zero-order chi connectivity index (χ0) is 25.3. The van der Waals surface area contributed by atoms with E-state index >= 15 is 0 Å². The van der Waals surface area contributed by atoms with Crippen molar-refractivity contribution in [2.24, 2.45) is 0 Å². The number of thioether (sulfide) groups is 1. The van der Waals surface area contributed by atoms with Crippen LogP contribution in [0.2, 0.25) is 0 Å². The van der Waals surface area contributed by atoms with Crippen molar-refractivity contribution in [2.45, 2.75) is 24.8 Å². The second kappa shape index (κ2) is 12.9. The molecule has 182 valence electrons. The van der Waals surface area contributed by atoms with Crippen LogP contribution in [0, 0.1) is 11.6 Å². The zero-order valence-electron chi connectivity index (χ0n) is 19.1. The second-order valence-electron chi connectivity index (χ2n) is 7.04. The molecule has 0 bridgehead atoms. The Morgan fingerprint density at radius 2 is 1.62 bits per heavy atom. The van der Waals surface area contributed by atoms with Gasteiger partial charge in [-0.15, -0.1) is 11.8 Å². The Balaban J connectivity index is 2.58. The maximum absolute atomic E-state index is 14.1. The molecule has 0 aliphatic rings. The van der Waals surface area contributed by atoms with Crippen LogP contribution in [0.1, 0.15) is 25.0 Å². The van der Waals surface area contributed by atoms with Gasteiger partial charge in [-0.1, -0.05) is 18.2 Å². The van der Waals surface area contributed by atoms with Crippen molar-refractivity contribution in [3.05, 3.63) is 65.2 Å². The van der Waals surface area contributed by atoms with Crippen LogP contribution >= 0.6 is 11.8 Å². The number of halogens is 2. The third-order valence-corrected chi connectivity index (χ3v) is 5.35. The first kappa shape index (κ1) is 27.0. The molecule has 0 saturated carbocycles. The Kier molecular flexibility index (Phi) is 10.2. The Morgan fingerprint density at radius 3 is 2.18 bits per heavy atom. The lowest BCUT2D eigenvalue weighted by Crippen LogP contribution is -2.67. The average Bonchev–Trinajstić information content (AvgIpc) is 2.82. The van der Waals surface area contributed by atoms with Crippen molar-refractivity contribution in [2.75, 3.05) is 26.1 Å². The van der Waals surface area contributed by atoms with Gasteiger partial charge >= 0.3 is 17.9 Å². The first-order valence-electron chi connectivity index (χ1n) is 10.3. The van der Waals surface area contributed by atoms with Crippen LogP contribution in [0.15, 0.2) is 47.4 Å².